The summed E-state index contributed by atoms with van der Waals surface area (Å²) in [4.78, 5) is 0. The van der Waals surface area contributed by atoms with Crippen LogP contribution in [0.5, 0.6) is 5.75 Å². The molecule has 2 aromatic carbocycles. The largest absolute Gasteiger partial charge is 0.507 e. The molecule has 11 heteroatoms. The standard InChI is InChI=1S/C23H17ClF6N2O2/c1-32-18(12-19(31-32)23(28,29)30)15-8-6-13(5-3-2-4-10-33)20(21(15)34)14-7-9-17(24)16(11-14)22(25,26)27/h6-9,11-12,33-34H,2,4,10H2,1H3. The van der Waals surface area contributed by atoms with Gasteiger partial charge in [0.25, 0.3) is 0 Å². The van der Waals surface area contributed by atoms with E-state index in [0.717, 1.165) is 22.9 Å². The van der Waals surface area contributed by atoms with Crippen LogP contribution < -0.4 is 0 Å². The lowest BCUT2D eigenvalue weighted by Crippen LogP contribution is -2.06. The van der Waals surface area contributed by atoms with Crippen LogP contribution in [0.1, 0.15) is 29.7 Å². The Kier molecular flexibility index (Phi) is 7.19. The first-order chi connectivity index (χ1) is 15.8. The van der Waals surface area contributed by atoms with Gasteiger partial charge in [-0.2, -0.15) is 31.4 Å². The number of phenols is 1. The van der Waals surface area contributed by atoms with Gasteiger partial charge in [-0.3, -0.25) is 4.68 Å². The van der Waals surface area contributed by atoms with E-state index in [9.17, 15) is 31.4 Å². The van der Waals surface area contributed by atoms with Crippen LogP contribution in [-0.2, 0) is 19.4 Å². The van der Waals surface area contributed by atoms with Gasteiger partial charge in [-0.25, -0.2) is 0 Å². The average Bonchev–Trinajstić information content (AvgIpc) is 3.13. The molecule has 3 rings (SSSR count). The number of halogens is 7. The first-order valence-electron chi connectivity index (χ1n) is 9.79. The first kappa shape index (κ1) is 25.5. The van der Waals surface area contributed by atoms with E-state index >= 15 is 0 Å². The number of benzene rings is 2. The monoisotopic (exact) mass is 502 g/mol. The summed E-state index contributed by atoms with van der Waals surface area (Å²) in [6.45, 7) is -0.111. The normalized spacial score (nSPS) is 11.9. The molecule has 0 saturated carbocycles. The fourth-order valence-electron chi connectivity index (χ4n) is 3.28. The molecule has 0 amide bonds. The van der Waals surface area contributed by atoms with Crippen LogP contribution >= 0.6 is 11.6 Å². The van der Waals surface area contributed by atoms with Gasteiger partial charge in [-0.1, -0.05) is 29.5 Å². The van der Waals surface area contributed by atoms with Crippen LogP contribution in [0.4, 0.5) is 26.3 Å². The molecule has 0 bridgehead atoms. The minimum Gasteiger partial charge on any atom is -0.507 e. The van der Waals surface area contributed by atoms with Gasteiger partial charge in [-0.05, 0) is 42.3 Å². The van der Waals surface area contributed by atoms with Gasteiger partial charge in [0.05, 0.1) is 16.3 Å². The Morgan fingerprint density at radius 3 is 2.32 bits per heavy atom. The third kappa shape index (κ3) is 5.32. The van der Waals surface area contributed by atoms with Crippen LogP contribution in [0.25, 0.3) is 22.4 Å². The number of hydrogen-bond donors (Lipinski definition) is 2. The molecule has 1 aromatic heterocycles. The van der Waals surface area contributed by atoms with Crippen molar-refractivity contribution in [1.82, 2.24) is 9.78 Å². The zero-order chi connectivity index (χ0) is 25.3. The Morgan fingerprint density at radius 2 is 1.74 bits per heavy atom. The summed E-state index contributed by atoms with van der Waals surface area (Å²) in [5.41, 5.74) is -2.56. The van der Waals surface area contributed by atoms with E-state index in [4.69, 9.17) is 16.7 Å². The highest BCUT2D eigenvalue weighted by Gasteiger charge is 2.36. The molecule has 0 aliphatic rings. The van der Waals surface area contributed by atoms with Crippen LogP contribution in [0.2, 0.25) is 5.02 Å². The molecule has 180 valence electrons. The van der Waals surface area contributed by atoms with Crippen molar-refractivity contribution >= 4 is 11.6 Å². The van der Waals surface area contributed by atoms with E-state index in [2.05, 4.69) is 16.9 Å². The summed E-state index contributed by atoms with van der Waals surface area (Å²) in [7, 11) is 1.25. The molecule has 0 unspecified atom stereocenters. The van der Waals surface area contributed by atoms with Gasteiger partial charge in [0.15, 0.2) is 5.69 Å². The summed E-state index contributed by atoms with van der Waals surface area (Å²) in [6.07, 6.45) is -8.87. The molecule has 0 saturated heterocycles. The molecule has 0 radical (unpaired) electrons. The van der Waals surface area contributed by atoms with Crippen LogP contribution in [0, 0.1) is 11.8 Å². The van der Waals surface area contributed by atoms with Gasteiger partial charge in [0, 0.05) is 36.8 Å². The Morgan fingerprint density at radius 1 is 1.03 bits per heavy atom. The zero-order valence-corrected chi connectivity index (χ0v) is 18.3. The molecule has 34 heavy (non-hydrogen) atoms. The summed E-state index contributed by atoms with van der Waals surface area (Å²) in [5, 5.41) is 22.8. The lowest BCUT2D eigenvalue weighted by molar-refractivity contribution is -0.141. The lowest BCUT2D eigenvalue weighted by Gasteiger charge is -2.15. The van der Waals surface area contributed by atoms with Crippen molar-refractivity contribution in [2.45, 2.75) is 25.2 Å². The fourth-order valence-corrected chi connectivity index (χ4v) is 3.50. The number of unbranched alkanes of at least 4 members (excludes halogenated alkanes) is 1. The molecular weight excluding hydrogens is 486 g/mol. The van der Waals surface area contributed by atoms with E-state index in [1.54, 1.807) is 0 Å². The second kappa shape index (κ2) is 9.60. The van der Waals surface area contributed by atoms with Crippen LogP contribution in [0.3, 0.4) is 0 Å². The van der Waals surface area contributed by atoms with Crippen molar-refractivity contribution in [2.24, 2.45) is 7.05 Å². The van der Waals surface area contributed by atoms with E-state index < -0.39 is 34.4 Å². The van der Waals surface area contributed by atoms with Crippen molar-refractivity contribution in [3.8, 4) is 40.0 Å². The third-order valence-electron chi connectivity index (χ3n) is 4.87. The van der Waals surface area contributed by atoms with E-state index in [1.807, 2.05) is 0 Å². The summed E-state index contributed by atoms with van der Waals surface area (Å²) < 4.78 is 80.5. The summed E-state index contributed by atoms with van der Waals surface area (Å²) in [6, 6.07) is 6.43. The highest BCUT2D eigenvalue weighted by atomic mass is 35.5. The predicted molar refractivity (Wildman–Crippen MR) is 114 cm³/mol. The second-order valence-electron chi connectivity index (χ2n) is 7.24. The summed E-state index contributed by atoms with van der Waals surface area (Å²) >= 11 is 5.71. The summed E-state index contributed by atoms with van der Waals surface area (Å²) in [5.74, 6) is 4.93. The number of alkyl halides is 6. The molecule has 3 aromatic rings. The lowest BCUT2D eigenvalue weighted by atomic mass is 9.93. The topological polar surface area (TPSA) is 58.3 Å². The maximum absolute atomic E-state index is 13.4. The molecule has 0 aliphatic heterocycles. The van der Waals surface area contributed by atoms with Crippen molar-refractivity contribution in [3.05, 3.63) is 58.2 Å². The molecule has 0 atom stereocenters. The predicted octanol–water partition coefficient (Wildman–Crippen LogP) is 6.27. The Balaban J connectivity index is 2.26. The van der Waals surface area contributed by atoms with Crippen LogP contribution in [-0.4, -0.2) is 26.6 Å². The number of aliphatic hydroxyl groups excluding tert-OH is 1. The Labute approximate surface area is 195 Å². The van der Waals surface area contributed by atoms with Crippen molar-refractivity contribution in [2.75, 3.05) is 6.61 Å². The van der Waals surface area contributed by atoms with Crippen molar-refractivity contribution in [1.29, 1.82) is 0 Å². The molecular formula is C23H17ClF6N2O2. The zero-order valence-electron chi connectivity index (χ0n) is 17.5. The quantitative estimate of drug-likeness (QED) is 0.251. The van der Waals surface area contributed by atoms with E-state index in [-0.39, 0.29) is 41.0 Å². The first-order valence-corrected chi connectivity index (χ1v) is 10.2. The van der Waals surface area contributed by atoms with E-state index in [0.29, 0.717) is 6.42 Å². The Hall–Kier alpha value is -3.16. The van der Waals surface area contributed by atoms with Gasteiger partial charge in [0.1, 0.15) is 5.75 Å². The third-order valence-corrected chi connectivity index (χ3v) is 5.20. The highest BCUT2D eigenvalue weighted by Crippen LogP contribution is 2.44. The number of hydrogen-bond acceptors (Lipinski definition) is 3. The second-order valence-corrected chi connectivity index (χ2v) is 7.65. The minimum atomic E-state index is -4.78. The van der Waals surface area contributed by atoms with Crippen molar-refractivity contribution < 1.29 is 36.6 Å². The number of rotatable bonds is 4. The minimum absolute atomic E-state index is 0.0788. The number of aryl methyl sites for hydroxylation is 1. The molecule has 0 spiro atoms. The van der Waals surface area contributed by atoms with Gasteiger partial charge < -0.3 is 10.2 Å². The van der Waals surface area contributed by atoms with Gasteiger partial charge in [-0.15, -0.1) is 0 Å². The SMILES string of the molecule is Cn1nc(C(F)(F)F)cc1-c1ccc(C#CCCCO)c(-c2ccc(Cl)c(C(F)(F)F)c2)c1O. The molecule has 4 nitrogen and oxygen atoms in total. The van der Waals surface area contributed by atoms with Gasteiger partial charge >= 0.3 is 12.4 Å². The molecule has 0 fully saturated rings. The molecule has 1 heterocycles. The smallest absolute Gasteiger partial charge is 0.435 e. The maximum Gasteiger partial charge on any atom is 0.435 e. The van der Waals surface area contributed by atoms with E-state index in [1.165, 1.54) is 25.2 Å². The number of aromatic hydroxyl groups is 1. The Bertz CT molecular complexity index is 1270. The fraction of sp³-hybridized carbons (Fsp3) is 0.261. The molecule has 0 aliphatic carbocycles. The number of aliphatic hydroxyl groups is 1. The maximum atomic E-state index is 13.4. The average molecular weight is 503 g/mol. The number of nitrogens with zero attached hydrogens (tertiary/aromatic N) is 2. The van der Waals surface area contributed by atoms with Crippen molar-refractivity contribution in [3.63, 3.8) is 0 Å². The highest BCUT2D eigenvalue weighted by molar-refractivity contribution is 6.31. The number of aromatic nitrogens is 2. The van der Waals surface area contributed by atoms with Gasteiger partial charge in [0.2, 0.25) is 0 Å². The molecule has 2 N–H and O–H groups in total. The number of phenolic OH excluding ortho intramolecular Hbond substituents is 1. The van der Waals surface area contributed by atoms with Crippen LogP contribution in [0.15, 0.2) is 36.4 Å².